The topological polar surface area (TPSA) is 58.1 Å². The van der Waals surface area contributed by atoms with Gasteiger partial charge in [0.2, 0.25) is 0 Å². The molecular weight excluding hydrogens is 499 g/mol. The van der Waals surface area contributed by atoms with Crippen LogP contribution >= 0.6 is 35.3 Å². The second kappa shape index (κ2) is 16.3. The van der Waals surface area contributed by atoms with Crippen LogP contribution in [0.15, 0.2) is 22.5 Å². The van der Waals surface area contributed by atoms with Crippen molar-refractivity contribution in [2.45, 2.75) is 38.6 Å². The van der Waals surface area contributed by atoms with Gasteiger partial charge >= 0.3 is 0 Å². The quantitative estimate of drug-likeness (QED) is 0.184. The summed E-state index contributed by atoms with van der Waals surface area (Å²) in [5, 5.41) is 9.14. The van der Waals surface area contributed by atoms with Crippen LogP contribution in [0.3, 0.4) is 0 Å². The molecule has 0 spiro atoms. The van der Waals surface area contributed by atoms with Gasteiger partial charge in [-0.15, -0.1) is 35.3 Å². The van der Waals surface area contributed by atoms with Crippen molar-refractivity contribution in [3.63, 3.8) is 0 Å². The Hall–Kier alpha value is -0.420. The SMILES string of the molecule is CN=C(NCCCCOCCOC)NCC(c1cccs1)N1CCC(C)CC1.I. The summed E-state index contributed by atoms with van der Waals surface area (Å²) in [4.78, 5) is 8.45. The van der Waals surface area contributed by atoms with Crippen molar-refractivity contribution in [3.8, 4) is 0 Å². The second-order valence-corrected chi connectivity index (χ2v) is 8.42. The number of likely N-dealkylation sites (tertiary alicyclic amines) is 1. The van der Waals surface area contributed by atoms with Crippen LogP contribution in [0.5, 0.6) is 0 Å². The van der Waals surface area contributed by atoms with Gasteiger partial charge in [-0.2, -0.15) is 0 Å². The fourth-order valence-corrected chi connectivity index (χ4v) is 4.29. The summed E-state index contributed by atoms with van der Waals surface area (Å²) in [6, 6.07) is 4.83. The zero-order chi connectivity index (χ0) is 20.0. The summed E-state index contributed by atoms with van der Waals surface area (Å²) >= 11 is 1.85. The van der Waals surface area contributed by atoms with Crippen molar-refractivity contribution in [1.29, 1.82) is 0 Å². The number of nitrogens with one attached hydrogen (secondary N) is 2. The Morgan fingerprint density at radius 3 is 2.69 bits per heavy atom. The lowest BCUT2D eigenvalue weighted by molar-refractivity contribution is 0.0689. The van der Waals surface area contributed by atoms with Gasteiger partial charge in [-0.3, -0.25) is 9.89 Å². The van der Waals surface area contributed by atoms with Gasteiger partial charge in [-0.05, 0) is 56.1 Å². The minimum Gasteiger partial charge on any atom is -0.382 e. The van der Waals surface area contributed by atoms with Crippen LogP contribution in [-0.2, 0) is 9.47 Å². The molecule has 0 radical (unpaired) electrons. The standard InChI is InChI=1S/C21H38N4O2S.HI/c1-18-8-11-25(12-9-18)19(20-7-6-16-28-20)17-24-21(22-2)23-10-4-5-13-27-15-14-26-3;/h6-7,16,18-19H,4-5,8-15,17H2,1-3H3,(H2,22,23,24);1H. The number of piperidine rings is 1. The molecule has 1 unspecified atom stereocenters. The fourth-order valence-electron chi connectivity index (χ4n) is 3.42. The van der Waals surface area contributed by atoms with Crippen molar-refractivity contribution in [2.75, 3.05) is 60.2 Å². The molecule has 2 N–H and O–H groups in total. The molecule has 0 bridgehead atoms. The van der Waals surface area contributed by atoms with E-state index in [2.05, 4.69) is 45.0 Å². The summed E-state index contributed by atoms with van der Waals surface area (Å²) in [5.41, 5.74) is 0. The van der Waals surface area contributed by atoms with E-state index >= 15 is 0 Å². The maximum Gasteiger partial charge on any atom is 0.191 e. The molecule has 1 aromatic heterocycles. The van der Waals surface area contributed by atoms with E-state index in [1.54, 1.807) is 7.11 Å². The highest BCUT2D eigenvalue weighted by Crippen LogP contribution is 2.28. The highest BCUT2D eigenvalue weighted by atomic mass is 127. The third kappa shape index (κ3) is 10.4. The third-order valence-electron chi connectivity index (χ3n) is 5.26. The van der Waals surface area contributed by atoms with Gasteiger partial charge < -0.3 is 20.1 Å². The smallest absolute Gasteiger partial charge is 0.191 e. The van der Waals surface area contributed by atoms with Crippen LogP contribution in [-0.4, -0.2) is 71.0 Å². The highest BCUT2D eigenvalue weighted by Gasteiger charge is 2.25. The molecule has 1 aliphatic rings. The minimum atomic E-state index is 0. The number of aliphatic imine (C=N–C) groups is 1. The maximum atomic E-state index is 5.50. The molecule has 0 amide bonds. The molecule has 6 nitrogen and oxygen atoms in total. The van der Waals surface area contributed by atoms with Gasteiger partial charge in [0.15, 0.2) is 5.96 Å². The summed E-state index contributed by atoms with van der Waals surface area (Å²) in [7, 11) is 3.53. The van der Waals surface area contributed by atoms with Crippen molar-refractivity contribution >= 4 is 41.3 Å². The Morgan fingerprint density at radius 2 is 2.03 bits per heavy atom. The number of halogens is 1. The molecule has 29 heavy (non-hydrogen) atoms. The Labute approximate surface area is 197 Å². The Morgan fingerprint density at radius 1 is 1.24 bits per heavy atom. The predicted molar refractivity (Wildman–Crippen MR) is 134 cm³/mol. The average molecular weight is 539 g/mol. The van der Waals surface area contributed by atoms with E-state index in [9.17, 15) is 0 Å². The lowest BCUT2D eigenvalue weighted by Gasteiger charge is -2.36. The van der Waals surface area contributed by atoms with Crippen LogP contribution in [0, 0.1) is 5.92 Å². The lowest BCUT2D eigenvalue weighted by Crippen LogP contribution is -2.45. The van der Waals surface area contributed by atoms with Crippen molar-refractivity contribution in [1.82, 2.24) is 15.5 Å². The number of unbranched alkanes of at least 4 members (excludes halogenated alkanes) is 1. The van der Waals surface area contributed by atoms with Crippen molar-refractivity contribution < 1.29 is 9.47 Å². The maximum absolute atomic E-state index is 5.50. The van der Waals surface area contributed by atoms with E-state index < -0.39 is 0 Å². The molecule has 1 aromatic rings. The van der Waals surface area contributed by atoms with E-state index in [-0.39, 0.29) is 24.0 Å². The number of ether oxygens (including phenoxy) is 2. The first-order chi connectivity index (χ1) is 13.7. The molecule has 1 atom stereocenters. The molecule has 0 aliphatic carbocycles. The van der Waals surface area contributed by atoms with E-state index in [4.69, 9.17) is 9.47 Å². The summed E-state index contributed by atoms with van der Waals surface area (Å²) < 4.78 is 10.5. The van der Waals surface area contributed by atoms with Gasteiger partial charge in [0.1, 0.15) is 0 Å². The first-order valence-electron chi connectivity index (χ1n) is 10.5. The molecule has 1 aliphatic heterocycles. The van der Waals surface area contributed by atoms with Crippen LogP contribution in [0.4, 0.5) is 0 Å². The zero-order valence-electron chi connectivity index (χ0n) is 18.2. The van der Waals surface area contributed by atoms with Crippen LogP contribution in [0.2, 0.25) is 0 Å². The number of rotatable bonds is 12. The Bertz CT molecular complexity index is 537. The molecule has 1 fully saturated rings. The average Bonchev–Trinajstić information content (AvgIpc) is 3.24. The van der Waals surface area contributed by atoms with E-state index in [1.807, 2.05) is 18.4 Å². The number of hydrogen-bond acceptors (Lipinski definition) is 5. The van der Waals surface area contributed by atoms with Gasteiger partial charge in [0.05, 0.1) is 19.3 Å². The van der Waals surface area contributed by atoms with Gasteiger partial charge in [0.25, 0.3) is 0 Å². The normalized spacial score (nSPS) is 17.0. The van der Waals surface area contributed by atoms with Crippen molar-refractivity contribution in [3.05, 3.63) is 22.4 Å². The van der Waals surface area contributed by atoms with Gasteiger partial charge in [0, 0.05) is 38.7 Å². The number of methoxy groups -OCH3 is 1. The lowest BCUT2D eigenvalue weighted by atomic mass is 9.97. The number of guanidine groups is 1. The Kier molecular flexibility index (Phi) is 15.0. The first-order valence-corrected chi connectivity index (χ1v) is 11.4. The Balaban J connectivity index is 0.00000420. The van der Waals surface area contributed by atoms with E-state index in [0.29, 0.717) is 19.3 Å². The zero-order valence-corrected chi connectivity index (χ0v) is 21.3. The van der Waals surface area contributed by atoms with Gasteiger partial charge in [-0.1, -0.05) is 13.0 Å². The number of hydrogen-bond donors (Lipinski definition) is 2. The van der Waals surface area contributed by atoms with Crippen molar-refractivity contribution in [2.24, 2.45) is 10.9 Å². The van der Waals surface area contributed by atoms with Crippen LogP contribution in [0.25, 0.3) is 0 Å². The van der Waals surface area contributed by atoms with E-state index in [1.165, 1.54) is 30.8 Å². The predicted octanol–water partition coefficient (Wildman–Crippen LogP) is 3.75. The second-order valence-electron chi connectivity index (χ2n) is 7.44. The molecule has 0 aromatic carbocycles. The molecule has 8 heteroatoms. The molecule has 2 heterocycles. The largest absolute Gasteiger partial charge is 0.382 e. The molecule has 2 rings (SSSR count). The monoisotopic (exact) mass is 538 g/mol. The minimum absolute atomic E-state index is 0. The van der Waals surface area contributed by atoms with Gasteiger partial charge in [-0.25, -0.2) is 0 Å². The molecular formula is C21H39IN4O2S. The summed E-state index contributed by atoms with van der Waals surface area (Å²) in [6.45, 7) is 8.63. The highest BCUT2D eigenvalue weighted by molar-refractivity contribution is 14.0. The number of thiophene rings is 1. The molecule has 0 saturated carbocycles. The third-order valence-corrected chi connectivity index (χ3v) is 6.23. The van der Waals surface area contributed by atoms with E-state index in [0.717, 1.165) is 44.4 Å². The molecule has 168 valence electrons. The summed E-state index contributed by atoms with van der Waals surface area (Å²) in [6.07, 6.45) is 4.69. The van der Waals surface area contributed by atoms with Crippen LogP contribution < -0.4 is 10.6 Å². The molecule has 1 saturated heterocycles. The summed E-state index contributed by atoms with van der Waals surface area (Å²) in [5.74, 6) is 1.73. The first kappa shape index (κ1) is 26.6. The van der Waals surface area contributed by atoms with Crippen LogP contribution in [0.1, 0.15) is 43.5 Å². The number of nitrogens with zero attached hydrogens (tertiary/aromatic N) is 2. The fraction of sp³-hybridized carbons (Fsp3) is 0.762.